The summed E-state index contributed by atoms with van der Waals surface area (Å²) in [6.07, 6.45) is 6.04. The minimum absolute atomic E-state index is 0.594. The van der Waals surface area contributed by atoms with Gasteiger partial charge in [-0.3, -0.25) is 0 Å². The van der Waals surface area contributed by atoms with E-state index in [1.54, 1.807) is 0 Å². The van der Waals surface area contributed by atoms with Crippen LogP contribution in [-0.4, -0.2) is 31.1 Å². The van der Waals surface area contributed by atoms with E-state index in [-0.39, 0.29) is 0 Å². The molecule has 20 heavy (non-hydrogen) atoms. The first kappa shape index (κ1) is 16.2. The molecule has 1 N–H and O–H groups in total. The molecule has 0 amide bonds. The normalized spacial score (nSPS) is 16.2. The van der Waals surface area contributed by atoms with E-state index in [2.05, 4.69) is 64.6 Å². The van der Waals surface area contributed by atoms with Gasteiger partial charge < -0.3 is 10.2 Å². The molecule has 0 bridgehead atoms. The quantitative estimate of drug-likeness (QED) is 0.748. The second-order valence-corrected chi connectivity index (χ2v) is 7.33. The smallest absolute Gasteiger partial charge is 0.0511 e. The molecule has 0 heterocycles. The van der Waals surface area contributed by atoms with Crippen molar-refractivity contribution < 1.29 is 0 Å². The average Bonchev–Trinajstić information content (AvgIpc) is 3.26. The van der Waals surface area contributed by atoms with E-state index in [1.165, 1.54) is 40.7 Å². The van der Waals surface area contributed by atoms with Crippen molar-refractivity contribution in [3.05, 3.63) is 28.2 Å². The van der Waals surface area contributed by atoms with E-state index >= 15 is 0 Å². The van der Waals surface area contributed by atoms with Gasteiger partial charge in [-0.2, -0.15) is 11.8 Å². The maximum Gasteiger partial charge on any atom is 0.0511 e. The van der Waals surface area contributed by atoms with Crippen LogP contribution in [0.4, 0.5) is 5.69 Å². The van der Waals surface area contributed by atoms with Crippen LogP contribution in [0.15, 0.2) is 22.7 Å². The molecule has 1 aliphatic rings. The van der Waals surface area contributed by atoms with Crippen LogP contribution in [0.25, 0.3) is 0 Å². The second kappa shape index (κ2) is 7.71. The van der Waals surface area contributed by atoms with Gasteiger partial charge in [0.15, 0.2) is 0 Å². The van der Waals surface area contributed by atoms with Gasteiger partial charge in [0.25, 0.3) is 0 Å². The summed E-state index contributed by atoms with van der Waals surface area (Å²) in [5.74, 6) is 1.17. The molecule has 1 saturated carbocycles. The Labute approximate surface area is 135 Å². The predicted octanol–water partition coefficient (Wildman–Crippen LogP) is 4.28. The number of thioether (sulfide) groups is 1. The average molecular weight is 357 g/mol. The fraction of sp³-hybridized carbons (Fsp3) is 0.625. The van der Waals surface area contributed by atoms with Crippen LogP contribution in [0, 0.1) is 0 Å². The maximum absolute atomic E-state index is 3.74. The standard InChI is InChI=1S/C16H25BrN2S/c1-4-14(11-20-3)19(2)16-8-5-12(9-15(16)17)10-18-13-6-7-13/h5,8-9,13-14,18H,4,6-7,10-11H2,1-3H3. The van der Waals surface area contributed by atoms with E-state index < -0.39 is 0 Å². The van der Waals surface area contributed by atoms with Crippen molar-refractivity contribution in [2.45, 2.75) is 44.8 Å². The van der Waals surface area contributed by atoms with Crippen LogP contribution < -0.4 is 10.2 Å². The molecule has 0 spiro atoms. The third-order valence-electron chi connectivity index (χ3n) is 3.94. The van der Waals surface area contributed by atoms with Crippen LogP contribution in [0.1, 0.15) is 31.7 Å². The van der Waals surface area contributed by atoms with Gasteiger partial charge in [-0.15, -0.1) is 0 Å². The predicted molar refractivity (Wildman–Crippen MR) is 94.9 cm³/mol. The van der Waals surface area contributed by atoms with Crippen LogP contribution >= 0.6 is 27.7 Å². The third-order valence-corrected chi connectivity index (χ3v) is 5.30. The summed E-state index contributed by atoms with van der Waals surface area (Å²) in [4.78, 5) is 2.40. The third kappa shape index (κ3) is 4.40. The molecule has 1 unspecified atom stereocenters. The molecule has 1 aliphatic carbocycles. The van der Waals surface area contributed by atoms with Crippen molar-refractivity contribution in [3.8, 4) is 0 Å². The summed E-state index contributed by atoms with van der Waals surface area (Å²) >= 11 is 5.66. The van der Waals surface area contributed by atoms with Gasteiger partial charge in [-0.25, -0.2) is 0 Å². The fourth-order valence-electron chi connectivity index (χ4n) is 2.39. The molecule has 1 aromatic rings. The van der Waals surface area contributed by atoms with E-state index in [1.807, 2.05) is 11.8 Å². The van der Waals surface area contributed by atoms with E-state index in [4.69, 9.17) is 0 Å². The fourth-order valence-corrected chi connectivity index (χ4v) is 3.94. The van der Waals surface area contributed by atoms with Gasteiger partial charge in [0.05, 0.1) is 5.69 Å². The first-order valence-electron chi connectivity index (χ1n) is 7.39. The number of anilines is 1. The van der Waals surface area contributed by atoms with Crippen LogP contribution in [0.2, 0.25) is 0 Å². The minimum atomic E-state index is 0.594. The largest absolute Gasteiger partial charge is 0.370 e. The Hall–Kier alpha value is -0.190. The number of benzene rings is 1. The zero-order chi connectivity index (χ0) is 14.5. The van der Waals surface area contributed by atoms with Crippen molar-refractivity contribution in [2.24, 2.45) is 0 Å². The molecule has 2 nitrogen and oxygen atoms in total. The molecule has 4 heteroatoms. The van der Waals surface area contributed by atoms with E-state index in [0.29, 0.717) is 6.04 Å². The Morgan fingerprint density at radius 1 is 1.45 bits per heavy atom. The van der Waals surface area contributed by atoms with Crippen LogP contribution in [0.5, 0.6) is 0 Å². The Bertz CT molecular complexity index is 434. The zero-order valence-electron chi connectivity index (χ0n) is 12.7. The lowest BCUT2D eigenvalue weighted by Gasteiger charge is -2.30. The monoisotopic (exact) mass is 356 g/mol. The Balaban J connectivity index is 2.02. The van der Waals surface area contributed by atoms with Gasteiger partial charge in [-0.05, 0) is 59.1 Å². The molecule has 0 aromatic heterocycles. The molecule has 1 fully saturated rings. The summed E-state index contributed by atoms with van der Waals surface area (Å²) in [6.45, 7) is 3.24. The lowest BCUT2D eigenvalue weighted by atomic mass is 10.1. The summed E-state index contributed by atoms with van der Waals surface area (Å²) < 4.78 is 1.20. The Morgan fingerprint density at radius 3 is 2.75 bits per heavy atom. The first-order chi connectivity index (χ1) is 9.65. The number of halogens is 1. The van der Waals surface area contributed by atoms with Crippen LogP contribution in [0.3, 0.4) is 0 Å². The van der Waals surface area contributed by atoms with Crippen LogP contribution in [-0.2, 0) is 6.54 Å². The molecule has 0 aliphatic heterocycles. The molecule has 0 saturated heterocycles. The molecule has 1 aromatic carbocycles. The number of nitrogens with zero attached hydrogens (tertiary/aromatic N) is 1. The molecular weight excluding hydrogens is 332 g/mol. The highest BCUT2D eigenvalue weighted by Crippen LogP contribution is 2.29. The summed E-state index contributed by atoms with van der Waals surface area (Å²) in [6, 6.07) is 8.11. The highest BCUT2D eigenvalue weighted by molar-refractivity contribution is 9.10. The molecule has 1 atom stereocenters. The van der Waals surface area contributed by atoms with Crippen molar-refractivity contribution >= 4 is 33.4 Å². The van der Waals surface area contributed by atoms with Gasteiger partial charge in [0, 0.05) is 35.9 Å². The number of hydrogen-bond acceptors (Lipinski definition) is 3. The van der Waals surface area contributed by atoms with Crippen molar-refractivity contribution in [2.75, 3.05) is 24.0 Å². The van der Waals surface area contributed by atoms with Gasteiger partial charge in [-0.1, -0.05) is 13.0 Å². The highest BCUT2D eigenvalue weighted by Gasteiger charge is 2.20. The Kier molecular flexibility index (Phi) is 6.24. The Morgan fingerprint density at radius 2 is 2.20 bits per heavy atom. The van der Waals surface area contributed by atoms with Gasteiger partial charge in [0.1, 0.15) is 0 Å². The summed E-state index contributed by atoms with van der Waals surface area (Å²) in [5.41, 5.74) is 2.65. The van der Waals surface area contributed by atoms with E-state index in [0.717, 1.165) is 12.6 Å². The zero-order valence-corrected chi connectivity index (χ0v) is 15.1. The van der Waals surface area contributed by atoms with E-state index in [9.17, 15) is 0 Å². The maximum atomic E-state index is 3.74. The second-order valence-electron chi connectivity index (χ2n) is 5.57. The highest BCUT2D eigenvalue weighted by atomic mass is 79.9. The van der Waals surface area contributed by atoms with Gasteiger partial charge in [0.2, 0.25) is 0 Å². The molecule has 112 valence electrons. The lowest BCUT2D eigenvalue weighted by molar-refractivity contribution is 0.670. The first-order valence-corrected chi connectivity index (χ1v) is 9.58. The van der Waals surface area contributed by atoms with Crippen molar-refractivity contribution in [3.63, 3.8) is 0 Å². The van der Waals surface area contributed by atoms with Crippen molar-refractivity contribution in [1.82, 2.24) is 5.32 Å². The summed E-state index contributed by atoms with van der Waals surface area (Å²) in [5, 5.41) is 3.57. The minimum Gasteiger partial charge on any atom is -0.370 e. The summed E-state index contributed by atoms with van der Waals surface area (Å²) in [7, 11) is 2.20. The number of hydrogen-bond donors (Lipinski definition) is 1. The van der Waals surface area contributed by atoms with Crippen molar-refractivity contribution in [1.29, 1.82) is 0 Å². The number of nitrogens with one attached hydrogen (secondary N) is 1. The molecular formula is C16H25BrN2S. The van der Waals surface area contributed by atoms with Gasteiger partial charge >= 0.3 is 0 Å². The lowest BCUT2D eigenvalue weighted by Crippen LogP contribution is -2.33. The number of rotatable bonds is 8. The molecule has 2 rings (SSSR count). The molecule has 0 radical (unpaired) electrons. The SMILES string of the molecule is CCC(CSC)N(C)c1ccc(CNC2CC2)cc1Br. The topological polar surface area (TPSA) is 15.3 Å².